The zero-order valence-electron chi connectivity index (χ0n) is 14.7. The van der Waals surface area contributed by atoms with Gasteiger partial charge in [-0.1, -0.05) is 0 Å². The number of aliphatic carboxylic acids is 1. The van der Waals surface area contributed by atoms with Gasteiger partial charge in [0.2, 0.25) is 15.9 Å². The zero-order valence-corrected chi connectivity index (χ0v) is 15.5. The number of benzene rings is 1. The Balaban J connectivity index is 1.80. The maximum Gasteiger partial charge on any atom is 0.306 e. The molecule has 2 rings (SSSR count). The van der Waals surface area contributed by atoms with Gasteiger partial charge in [0.05, 0.1) is 17.4 Å². The van der Waals surface area contributed by atoms with Crippen LogP contribution in [0.1, 0.15) is 26.2 Å². The molecule has 0 aromatic heterocycles. The maximum absolute atomic E-state index is 12.2. The van der Waals surface area contributed by atoms with Crippen molar-refractivity contribution in [3.05, 3.63) is 24.3 Å². The quantitative estimate of drug-likeness (QED) is 0.693. The van der Waals surface area contributed by atoms with Crippen LogP contribution < -0.4 is 9.46 Å². The summed E-state index contributed by atoms with van der Waals surface area (Å²) in [4.78, 5) is 24.8. The van der Waals surface area contributed by atoms with E-state index in [1.807, 2.05) is 6.92 Å². The van der Waals surface area contributed by atoms with Gasteiger partial charge in [-0.15, -0.1) is 0 Å². The van der Waals surface area contributed by atoms with Gasteiger partial charge in [0.25, 0.3) is 0 Å². The van der Waals surface area contributed by atoms with Crippen LogP contribution in [0.5, 0.6) is 5.75 Å². The van der Waals surface area contributed by atoms with E-state index < -0.39 is 21.9 Å². The number of carbonyl (C=O) groups excluding carboxylic acids is 1. The van der Waals surface area contributed by atoms with E-state index in [9.17, 15) is 18.0 Å². The maximum atomic E-state index is 12.2. The van der Waals surface area contributed by atoms with Crippen molar-refractivity contribution in [2.24, 2.45) is 5.92 Å². The summed E-state index contributed by atoms with van der Waals surface area (Å²) < 4.78 is 32.2. The van der Waals surface area contributed by atoms with Crippen molar-refractivity contribution in [2.75, 3.05) is 26.2 Å². The highest BCUT2D eigenvalue weighted by molar-refractivity contribution is 7.89. The van der Waals surface area contributed by atoms with Crippen LogP contribution in [0.4, 0.5) is 0 Å². The Morgan fingerprint density at radius 1 is 1.23 bits per heavy atom. The van der Waals surface area contributed by atoms with Gasteiger partial charge < -0.3 is 14.7 Å². The lowest BCUT2D eigenvalue weighted by atomic mass is 9.97. The fourth-order valence-electron chi connectivity index (χ4n) is 2.79. The molecule has 1 heterocycles. The minimum absolute atomic E-state index is 0.00671. The number of likely N-dealkylation sites (tertiary alicyclic amines) is 1. The van der Waals surface area contributed by atoms with Crippen LogP contribution in [0.3, 0.4) is 0 Å². The number of nitrogens with one attached hydrogen (secondary N) is 1. The smallest absolute Gasteiger partial charge is 0.306 e. The second-order valence-electron chi connectivity index (χ2n) is 6.05. The van der Waals surface area contributed by atoms with Crippen LogP contribution in [-0.4, -0.2) is 56.5 Å². The first-order valence-electron chi connectivity index (χ1n) is 8.56. The number of ether oxygens (including phenoxy) is 1. The molecular weight excluding hydrogens is 360 g/mol. The second-order valence-corrected chi connectivity index (χ2v) is 7.81. The molecule has 1 amide bonds. The van der Waals surface area contributed by atoms with Crippen LogP contribution in [-0.2, 0) is 19.6 Å². The molecule has 1 fully saturated rings. The number of nitrogens with zero attached hydrogens (tertiary/aromatic N) is 1. The van der Waals surface area contributed by atoms with Gasteiger partial charge in [0.1, 0.15) is 5.75 Å². The average Bonchev–Trinajstić information content (AvgIpc) is 2.62. The van der Waals surface area contributed by atoms with E-state index in [4.69, 9.17) is 9.84 Å². The number of carboxylic acid groups (broad SMARTS) is 1. The van der Waals surface area contributed by atoms with Gasteiger partial charge in [0, 0.05) is 26.1 Å². The lowest BCUT2D eigenvalue weighted by molar-refractivity contribution is -0.145. The van der Waals surface area contributed by atoms with E-state index in [-0.39, 0.29) is 23.8 Å². The SMILES string of the molecule is CCOc1ccc(S(=O)(=O)NCCC(=O)N2CCC(C(=O)O)CC2)cc1. The lowest BCUT2D eigenvalue weighted by Crippen LogP contribution is -2.41. The molecule has 0 unspecified atom stereocenters. The first-order chi connectivity index (χ1) is 12.3. The Labute approximate surface area is 153 Å². The molecule has 1 aromatic carbocycles. The van der Waals surface area contributed by atoms with E-state index in [2.05, 4.69) is 4.72 Å². The standard InChI is InChI=1S/C17H24N2O6S/c1-2-25-14-3-5-15(6-4-14)26(23,24)18-10-7-16(20)19-11-8-13(9-12-19)17(21)22/h3-6,13,18H,2,7-12H2,1H3,(H,21,22). The molecule has 26 heavy (non-hydrogen) atoms. The molecule has 0 radical (unpaired) electrons. The van der Waals surface area contributed by atoms with E-state index in [1.54, 1.807) is 17.0 Å². The van der Waals surface area contributed by atoms with Gasteiger partial charge in [-0.2, -0.15) is 0 Å². The Bertz CT molecular complexity index is 724. The topological polar surface area (TPSA) is 113 Å². The summed E-state index contributed by atoms with van der Waals surface area (Å²) in [7, 11) is -3.69. The minimum Gasteiger partial charge on any atom is -0.494 e. The van der Waals surface area contributed by atoms with Gasteiger partial charge in [0.15, 0.2) is 0 Å². The predicted octanol–water partition coefficient (Wildman–Crippen LogP) is 1.08. The number of sulfonamides is 1. The van der Waals surface area contributed by atoms with Crippen LogP contribution >= 0.6 is 0 Å². The number of rotatable bonds is 8. The summed E-state index contributed by atoms with van der Waals surface area (Å²) in [5, 5.41) is 8.96. The van der Waals surface area contributed by atoms with Crippen molar-refractivity contribution in [2.45, 2.75) is 31.1 Å². The lowest BCUT2D eigenvalue weighted by Gasteiger charge is -2.30. The number of amides is 1. The van der Waals surface area contributed by atoms with E-state index in [1.165, 1.54) is 12.1 Å². The van der Waals surface area contributed by atoms with Crippen molar-refractivity contribution in [3.8, 4) is 5.75 Å². The first kappa shape index (κ1) is 20.2. The van der Waals surface area contributed by atoms with Gasteiger partial charge in [-0.3, -0.25) is 9.59 Å². The molecule has 1 aliphatic rings. The molecule has 0 atom stereocenters. The molecule has 0 aliphatic carbocycles. The summed E-state index contributed by atoms with van der Waals surface area (Å²) in [5.74, 6) is -0.827. The third kappa shape index (κ3) is 5.43. The van der Waals surface area contributed by atoms with Crippen molar-refractivity contribution < 1.29 is 27.9 Å². The summed E-state index contributed by atoms with van der Waals surface area (Å²) in [5.41, 5.74) is 0. The Kier molecular flexibility index (Phi) is 6.98. The van der Waals surface area contributed by atoms with Crippen LogP contribution in [0.15, 0.2) is 29.2 Å². The molecule has 9 heteroatoms. The average molecular weight is 384 g/mol. The Morgan fingerprint density at radius 3 is 2.38 bits per heavy atom. The number of carboxylic acids is 1. The van der Waals surface area contributed by atoms with Gasteiger partial charge in [-0.05, 0) is 44.0 Å². The number of carbonyl (C=O) groups is 2. The predicted molar refractivity (Wildman–Crippen MR) is 94.4 cm³/mol. The highest BCUT2D eigenvalue weighted by atomic mass is 32.2. The normalized spacial score (nSPS) is 15.7. The molecule has 144 valence electrons. The van der Waals surface area contributed by atoms with Crippen LogP contribution in [0.2, 0.25) is 0 Å². The van der Waals surface area contributed by atoms with E-state index in [0.29, 0.717) is 38.3 Å². The molecule has 1 aliphatic heterocycles. The molecule has 0 bridgehead atoms. The molecule has 0 saturated carbocycles. The number of hydrogen-bond acceptors (Lipinski definition) is 5. The third-order valence-corrected chi connectivity index (χ3v) is 5.75. The second kappa shape index (κ2) is 9.00. The molecule has 8 nitrogen and oxygen atoms in total. The van der Waals surface area contributed by atoms with Crippen molar-refractivity contribution in [1.82, 2.24) is 9.62 Å². The van der Waals surface area contributed by atoms with Crippen molar-refractivity contribution in [1.29, 1.82) is 0 Å². The van der Waals surface area contributed by atoms with Crippen LogP contribution in [0, 0.1) is 5.92 Å². The molecule has 1 saturated heterocycles. The fraction of sp³-hybridized carbons (Fsp3) is 0.529. The molecule has 1 aromatic rings. The number of hydrogen-bond donors (Lipinski definition) is 2. The summed E-state index contributed by atoms with van der Waals surface area (Å²) in [6.07, 6.45) is 0.895. The van der Waals surface area contributed by atoms with Gasteiger partial charge in [-0.25, -0.2) is 13.1 Å². The Hall–Kier alpha value is -2.13. The summed E-state index contributed by atoms with van der Waals surface area (Å²) >= 11 is 0. The number of piperidine rings is 1. The van der Waals surface area contributed by atoms with Crippen molar-refractivity contribution >= 4 is 21.9 Å². The zero-order chi connectivity index (χ0) is 19.2. The fourth-order valence-corrected chi connectivity index (χ4v) is 3.82. The molecular formula is C17H24N2O6S. The van der Waals surface area contributed by atoms with Crippen LogP contribution in [0.25, 0.3) is 0 Å². The van der Waals surface area contributed by atoms with Gasteiger partial charge >= 0.3 is 5.97 Å². The highest BCUT2D eigenvalue weighted by Crippen LogP contribution is 2.18. The molecule has 0 spiro atoms. The minimum atomic E-state index is -3.69. The third-order valence-electron chi connectivity index (χ3n) is 4.27. The first-order valence-corrected chi connectivity index (χ1v) is 10.0. The van der Waals surface area contributed by atoms with Crippen molar-refractivity contribution in [3.63, 3.8) is 0 Å². The summed E-state index contributed by atoms with van der Waals surface area (Å²) in [6.45, 7) is 3.11. The highest BCUT2D eigenvalue weighted by Gasteiger charge is 2.26. The molecule has 2 N–H and O–H groups in total. The Morgan fingerprint density at radius 2 is 1.85 bits per heavy atom. The van der Waals surface area contributed by atoms with E-state index >= 15 is 0 Å². The van der Waals surface area contributed by atoms with E-state index in [0.717, 1.165) is 0 Å². The summed E-state index contributed by atoms with van der Waals surface area (Å²) in [6, 6.07) is 6.06. The largest absolute Gasteiger partial charge is 0.494 e. The monoisotopic (exact) mass is 384 g/mol.